The van der Waals surface area contributed by atoms with Gasteiger partial charge in [0.1, 0.15) is 123 Å². The third-order valence-electron chi connectivity index (χ3n) is 7.07. The number of aliphatic hydroxyl groups is 25. The molecule has 0 amide bonds. The zero-order valence-electron chi connectivity index (χ0n) is 31.2. The van der Waals surface area contributed by atoms with Crippen molar-refractivity contribution in [2.45, 2.75) is 116 Å². The number of carbonyl (C=O) groups is 5. The van der Waals surface area contributed by atoms with E-state index in [0.29, 0.717) is 0 Å². The Labute approximate surface area is 338 Å². The number of rotatable bonds is 25. The summed E-state index contributed by atoms with van der Waals surface area (Å²) in [5.41, 5.74) is 0. The average Bonchev–Trinajstić information content (AvgIpc) is 3.28. The molecular formula is C30H60O30. The van der Waals surface area contributed by atoms with Crippen LogP contribution in [0.4, 0.5) is 0 Å². The lowest BCUT2D eigenvalue weighted by Crippen LogP contribution is -2.46. The molecule has 0 rings (SSSR count). The second-order valence-electron chi connectivity index (χ2n) is 11.7. The van der Waals surface area contributed by atoms with E-state index < -0.39 is 161 Å². The van der Waals surface area contributed by atoms with Gasteiger partial charge in [0.25, 0.3) is 0 Å². The van der Waals surface area contributed by atoms with Gasteiger partial charge >= 0.3 is 0 Å². The van der Waals surface area contributed by atoms with Crippen LogP contribution < -0.4 is 0 Å². The molecule has 0 aromatic heterocycles. The van der Waals surface area contributed by atoms with Gasteiger partial charge in [0.05, 0.1) is 33.0 Å². The smallest absolute Gasteiger partial charge is 0.189 e. The van der Waals surface area contributed by atoms with Crippen LogP contribution in [0.5, 0.6) is 0 Å². The van der Waals surface area contributed by atoms with Crippen molar-refractivity contribution >= 4 is 30.9 Å². The first-order valence-corrected chi connectivity index (χ1v) is 16.6. The molecule has 0 bridgehead atoms. The largest absolute Gasteiger partial charge is 0.394 e. The molecule has 19 atom stereocenters. The topological polar surface area (TPSA) is 591 Å². The van der Waals surface area contributed by atoms with E-state index in [0.717, 1.165) is 0 Å². The maximum atomic E-state index is 10.5. The fourth-order valence-electron chi connectivity index (χ4n) is 3.07. The van der Waals surface area contributed by atoms with Gasteiger partial charge in [0.15, 0.2) is 30.9 Å². The molecule has 0 aromatic rings. The number of hydrogen-bond donors (Lipinski definition) is 25. The molecule has 0 radical (unpaired) electrons. The molecular weight excluding hydrogens is 840 g/mol. The van der Waals surface area contributed by atoms with E-state index in [4.69, 9.17) is 128 Å². The number of hydrogen-bond acceptors (Lipinski definition) is 30. The molecule has 30 nitrogen and oxygen atoms in total. The minimum absolute atomic E-state index is 0.0258. The van der Waals surface area contributed by atoms with Crippen LogP contribution in [0, 0.1) is 0 Å². The predicted molar refractivity (Wildman–Crippen MR) is 186 cm³/mol. The van der Waals surface area contributed by atoms with Crippen LogP contribution in [0.15, 0.2) is 0 Å². The molecule has 30 heteroatoms. The Morgan fingerprint density at radius 1 is 0.300 bits per heavy atom. The van der Waals surface area contributed by atoms with Crippen molar-refractivity contribution in [1.82, 2.24) is 0 Å². The summed E-state index contributed by atoms with van der Waals surface area (Å²) in [5, 5.41) is 217. The lowest BCUT2D eigenvalue weighted by atomic mass is 10.0. The summed E-state index contributed by atoms with van der Waals surface area (Å²) < 4.78 is 0. The van der Waals surface area contributed by atoms with Gasteiger partial charge in [0, 0.05) is 0 Å². The Balaban J connectivity index is -0.000000210. The highest BCUT2D eigenvalue weighted by Gasteiger charge is 2.32. The SMILES string of the molecule is O=C(CO)C(O)C(O)C(O)CO.O=CC(O)C(O)C(O)C(O)CO.O=CC(O)C(O)C(O)C(O)CO.O=CC(O)C(O)C(O)C(O)CO.O=CC(O)C(O)C(O)C(O)CO. The molecule has 0 saturated heterocycles. The molecule has 0 aliphatic heterocycles. The summed E-state index contributed by atoms with van der Waals surface area (Å²) in [6, 6.07) is 0. The molecule has 19 unspecified atom stereocenters. The highest BCUT2D eigenvalue weighted by molar-refractivity contribution is 5.84. The molecule has 0 aliphatic carbocycles. The van der Waals surface area contributed by atoms with Crippen molar-refractivity contribution in [3.05, 3.63) is 0 Å². The Kier molecular flexibility index (Phi) is 42.1. The van der Waals surface area contributed by atoms with Gasteiger partial charge in [-0.05, 0) is 0 Å². The summed E-state index contributed by atoms with van der Waals surface area (Å²) in [6.45, 7) is -4.73. The third-order valence-corrected chi connectivity index (χ3v) is 7.07. The zero-order chi connectivity index (χ0) is 48.6. The molecule has 0 fully saturated rings. The van der Waals surface area contributed by atoms with E-state index in [2.05, 4.69) is 0 Å². The van der Waals surface area contributed by atoms with E-state index in [1.807, 2.05) is 0 Å². The highest BCUT2D eigenvalue weighted by Crippen LogP contribution is 2.06. The fraction of sp³-hybridized carbons (Fsp3) is 0.833. The van der Waals surface area contributed by atoms with E-state index in [1.165, 1.54) is 0 Å². The number of aldehydes is 4. The molecule has 60 heavy (non-hydrogen) atoms. The molecule has 0 spiro atoms. The van der Waals surface area contributed by atoms with Crippen LogP contribution in [0.1, 0.15) is 0 Å². The molecule has 0 heterocycles. The summed E-state index contributed by atoms with van der Waals surface area (Å²) >= 11 is 0. The van der Waals surface area contributed by atoms with Gasteiger partial charge in [-0.3, -0.25) is 4.79 Å². The van der Waals surface area contributed by atoms with Crippen molar-refractivity contribution in [3.63, 3.8) is 0 Å². The van der Waals surface area contributed by atoms with Crippen LogP contribution in [-0.4, -0.2) is 314 Å². The van der Waals surface area contributed by atoms with Crippen LogP contribution in [-0.2, 0) is 24.0 Å². The number of Topliss-reactive ketones (excluding diaryl/α,β-unsaturated/α-hetero) is 1. The Hall–Kier alpha value is -2.65. The normalized spacial score (nSPS) is 20.6. The third kappa shape index (κ3) is 27.3. The van der Waals surface area contributed by atoms with Crippen molar-refractivity contribution < 1.29 is 152 Å². The lowest BCUT2D eigenvalue weighted by Gasteiger charge is -2.22. The van der Waals surface area contributed by atoms with E-state index in [-0.39, 0.29) is 25.1 Å². The van der Waals surface area contributed by atoms with Gasteiger partial charge in [-0.2, -0.15) is 0 Å². The zero-order valence-corrected chi connectivity index (χ0v) is 31.2. The van der Waals surface area contributed by atoms with Crippen LogP contribution in [0.2, 0.25) is 0 Å². The second-order valence-corrected chi connectivity index (χ2v) is 11.7. The van der Waals surface area contributed by atoms with E-state index in [9.17, 15) is 24.0 Å². The quantitative estimate of drug-likeness (QED) is 0.0378. The number of carbonyl (C=O) groups excluding carboxylic acids is 5. The number of ketones is 1. The first-order valence-electron chi connectivity index (χ1n) is 16.6. The van der Waals surface area contributed by atoms with E-state index >= 15 is 0 Å². The van der Waals surface area contributed by atoms with Crippen LogP contribution >= 0.6 is 0 Å². The standard InChI is InChI=1S/5C6H12O6/c5*7-1-3(9)5(11)6(12)4(10)2-8/h3,5-9,11-12H,1-2H2;4*1,3-6,8-12H,2H2. The van der Waals surface area contributed by atoms with Crippen LogP contribution in [0.25, 0.3) is 0 Å². The highest BCUT2D eigenvalue weighted by atomic mass is 16.4. The Bertz CT molecular complexity index is 947. The van der Waals surface area contributed by atoms with Gasteiger partial charge in [-0.1, -0.05) is 0 Å². The maximum Gasteiger partial charge on any atom is 0.189 e. The van der Waals surface area contributed by atoms with Gasteiger partial charge in [-0.15, -0.1) is 0 Å². The Morgan fingerprint density at radius 3 is 0.600 bits per heavy atom. The molecule has 360 valence electrons. The first kappa shape index (κ1) is 66.4. The molecule has 0 saturated carbocycles. The average molecular weight is 901 g/mol. The Morgan fingerprint density at radius 2 is 0.467 bits per heavy atom. The second kappa shape index (κ2) is 38.1. The minimum Gasteiger partial charge on any atom is -0.394 e. The molecule has 0 aliphatic rings. The lowest BCUT2D eigenvalue weighted by molar-refractivity contribution is -0.142. The monoisotopic (exact) mass is 900 g/mol. The molecule has 25 N–H and O–H groups in total. The summed E-state index contributed by atoms with van der Waals surface area (Å²) in [4.78, 5) is 50.1. The van der Waals surface area contributed by atoms with Crippen LogP contribution in [0.3, 0.4) is 0 Å². The van der Waals surface area contributed by atoms with Gasteiger partial charge < -0.3 is 147 Å². The summed E-state index contributed by atoms with van der Waals surface area (Å²) in [7, 11) is 0. The van der Waals surface area contributed by atoms with Crippen molar-refractivity contribution in [2.75, 3.05) is 39.6 Å². The van der Waals surface area contributed by atoms with Crippen molar-refractivity contribution in [2.24, 2.45) is 0 Å². The summed E-state index contributed by atoms with van der Waals surface area (Å²) in [5.74, 6) is -1.00. The van der Waals surface area contributed by atoms with E-state index in [1.54, 1.807) is 0 Å². The molecule has 0 aromatic carbocycles. The fourth-order valence-corrected chi connectivity index (χ4v) is 3.07. The summed E-state index contributed by atoms with van der Waals surface area (Å²) in [6.07, 6.45) is -32.6. The minimum atomic E-state index is -1.86. The van der Waals surface area contributed by atoms with Crippen molar-refractivity contribution in [3.8, 4) is 0 Å². The maximum absolute atomic E-state index is 10.5. The van der Waals surface area contributed by atoms with Crippen molar-refractivity contribution in [1.29, 1.82) is 0 Å². The number of aliphatic hydroxyl groups excluding tert-OH is 25. The van der Waals surface area contributed by atoms with Gasteiger partial charge in [-0.25, -0.2) is 0 Å². The van der Waals surface area contributed by atoms with Gasteiger partial charge in [0.2, 0.25) is 0 Å². The predicted octanol–water partition coefficient (Wildman–Crippen LogP) is -16.9. The first-order chi connectivity index (χ1) is 27.7.